The molecular formula is C13H15NO4. The maximum absolute atomic E-state index is 11.8. The molecule has 0 aliphatic carbocycles. The van der Waals surface area contributed by atoms with Crippen molar-refractivity contribution in [3.05, 3.63) is 29.3 Å². The average molecular weight is 249 g/mol. The van der Waals surface area contributed by atoms with Gasteiger partial charge in [0.05, 0.1) is 5.56 Å². The van der Waals surface area contributed by atoms with Gasteiger partial charge in [-0.1, -0.05) is 0 Å². The van der Waals surface area contributed by atoms with Gasteiger partial charge < -0.3 is 15.1 Å². The normalized spacial score (nSPS) is 19.3. The number of aromatic carboxylic acids is 1. The molecule has 0 saturated carbocycles. The molecular weight excluding hydrogens is 234 g/mol. The van der Waals surface area contributed by atoms with E-state index in [0.29, 0.717) is 13.0 Å². The number of nitrogens with zero attached hydrogens (tertiary/aromatic N) is 1. The Morgan fingerprint density at radius 1 is 1.50 bits per heavy atom. The van der Waals surface area contributed by atoms with Crippen molar-refractivity contribution in [3.8, 4) is 0 Å². The minimum absolute atomic E-state index is 0.00546. The van der Waals surface area contributed by atoms with E-state index in [0.717, 1.165) is 11.3 Å². The number of carbonyl (C=O) groups is 2. The number of benzene rings is 1. The summed E-state index contributed by atoms with van der Waals surface area (Å²) in [6.07, 6.45) is 0.344. The molecule has 1 atom stereocenters. The van der Waals surface area contributed by atoms with E-state index < -0.39 is 5.97 Å². The Balaban J connectivity index is 2.29. The van der Waals surface area contributed by atoms with Gasteiger partial charge in [0.1, 0.15) is 0 Å². The van der Waals surface area contributed by atoms with Gasteiger partial charge in [-0.05, 0) is 30.7 Å². The van der Waals surface area contributed by atoms with E-state index in [2.05, 4.69) is 0 Å². The van der Waals surface area contributed by atoms with Crippen LogP contribution < -0.4 is 4.90 Å². The molecule has 0 bridgehead atoms. The highest BCUT2D eigenvalue weighted by Gasteiger charge is 2.30. The van der Waals surface area contributed by atoms with Gasteiger partial charge in [0.25, 0.3) is 0 Å². The predicted octanol–water partition coefficient (Wildman–Crippen LogP) is 1.04. The van der Waals surface area contributed by atoms with E-state index in [1.165, 1.54) is 6.07 Å². The molecule has 5 heteroatoms. The van der Waals surface area contributed by atoms with Crippen molar-refractivity contribution in [2.24, 2.45) is 5.92 Å². The van der Waals surface area contributed by atoms with Gasteiger partial charge in [-0.15, -0.1) is 0 Å². The molecule has 18 heavy (non-hydrogen) atoms. The number of aliphatic hydroxyl groups excluding tert-OH is 1. The van der Waals surface area contributed by atoms with Crippen LogP contribution in [0.5, 0.6) is 0 Å². The van der Waals surface area contributed by atoms with E-state index in [9.17, 15) is 9.59 Å². The number of aryl methyl sites for hydroxylation is 1. The van der Waals surface area contributed by atoms with E-state index >= 15 is 0 Å². The molecule has 1 aromatic carbocycles. The number of amides is 1. The Bertz CT molecular complexity index is 498. The number of carbonyl (C=O) groups excluding carboxylic acids is 1. The number of hydrogen-bond donors (Lipinski definition) is 2. The van der Waals surface area contributed by atoms with E-state index in [-0.39, 0.29) is 24.0 Å². The smallest absolute Gasteiger partial charge is 0.335 e. The molecule has 1 fully saturated rings. The lowest BCUT2D eigenvalue weighted by Crippen LogP contribution is -2.25. The Kier molecular flexibility index (Phi) is 3.34. The van der Waals surface area contributed by atoms with Gasteiger partial charge in [-0.25, -0.2) is 4.79 Å². The first kappa shape index (κ1) is 12.6. The van der Waals surface area contributed by atoms with Crippen molar-refractivity contribution >= 4 is 17.6 Å². The molecule has 1 aliphatic heterocycles. The van der Waals surface area contributed by atoms with E-state index in [1.54, 1.807) is 24.0 Å². The summed E-state index contributed by atoms with van der Waals surface area (Å²) in [4.78, 5) is 24.3. The van der Waals surface area contributed by atoms with Gasteiger partial charge in [-0.2, -0.15) is 0 Å². The summed E-state index contributed by atoms with van der Waals surface area (Å²) in [6.45, 7) is 2.26. The number of carboxylic acids is 1. The highest BCUT2D eigenvalue weighted by molar-refractivity contribution is 5.97. The van der Waals surface area contributed by atoms with Crippen molar-refractivity contribution in [1.82, 2.24) is 0 Å². The number of rotatable bonds is 3. The highest BCUT2D eigenvalue weighted by atomic mass is 16.4. The number of carboxylic acid groups (broad SMARTS) is 1. The molecule has 5 nitrogen and oxygen atoms in total. The van der Waals surface area contributed by atoms with Crippen LogP contribution in [-0.4, -0.2) is 35.2 Å². The zero-order valence-electron chi connectivity index (χ0n) is 10.1. The molecule has 1 aliphatic rings. The van der Waals surface area contributed by atoms with Crippen molar-refractivity contribution in [1.29, 1.82) is 0 Å². The lowest BCUT2D eigenvalue weighted by molar-refractivity contribution is -0.117. The van der Waals surface area contributed by atoms with Crippen molar-refractivity contribution in [2.75, 3.05) is 18.1 Å². The zero-order valence-corrected chi connectivity index (χ0v) is 10.1. The highest BCUT2D eigenvalue weighted by Crippen LogP contribution is 2.28. The first-order chi connectivity index (χ1) is 8.52. The molecule has 1 amide bonds. The van der Waals surface area contributed by atoms with Crippen molar-refractivity contribution in [2.45, 2.75) is 13.3 Å². The Labute approximate surface area is 105 Å². The number of anilines is 1. The second kappa shape index (κ2) is 4.78. The van der Waals surface area contributed by atoms with E-state index in [4.69, 9.17) is 10.2 Å². The van der Waals surface area contributed by atoms with Crippen molar-refractivity contribution < 1.29 is 19.8 Å². The molecule has 1 saturated heterocycles. The van der Waals surface area contributed by atoms with Crippen LogP contribution in [0.4, 0.5) is 5.69 Å². The quantitative estimate of drug-likeness (QED) is 0.839. The lowest BCUT2D eigenvalue weighted by Gasteiger charge is -2.19. The molecule has 0 spiro atoms. The van der Waals surface area contributed by atoms with Crippen LogP contribution >= 0.6 is 0 Å². The predicted molar refractivity (Wildman–Crippen MR) is 65.7 cm³/mol. The van der Waals surface area contributed by atoms with Crippen molar-refractivity contribution in [3.63, 3.8) is 0 Å². The van der Waals surface area contributed by atoms with Gasteiger partial charge in [0, 0.05) is 31.2 Å². The van der Waals surface area contributed by atoms with E-state index in [1.807, 2.05) is 0 Å². The first-order valence-electron chi connectivity index (χ1n) is 5.78. The third-order valence-electron chi connectivity index (χ3n) is 3.20. The van der Waals surface area contributed by atoms with Crippen LogP contribution in [0.3, 0.4) is 0 Å². The number of hydrogen-bond acceptors (Lipinski definition) is 3. The van der Waals surface area contributed by atoms with Gasteiger partial charge >= 0.3 is 5.97 Å². The van der Waals surface area contributed by atoms with Crippen LogP contribution in [0, 0.1) is 12.8 Å². The molecule has 1 heterocycles. The fourth-order valence-corrected chi connectivity index (χ4v) is 2.23. The van der Waals surface area contributed by atoms with Crippen LogP contribution in [0.1, 0.15) is 22.3 Å². The monoisotopic (exact) mass is 249 g/mol. The summed E-state index contributed by atoms with van der Waals surface area (Å²) < 4.78 is 0. The summed E-state index contributed by atoms with van der Waals surface area (Å²) in [7, 11) is 0. The molecule has 1 aromatic rings. The van der Waals surface area contributed by atoms with Crippen LogP contribution in [-0.2, 0) is 4.79 Å². The Hall–Kier alpha value is -1.88. The molecule has 0 radical (unpaired) electrons. The van der Waals surface area contributed by atoms with Gasteiger partial charge in [0.2, 0.25) is 5.91 Å². The molecule has 2 rings (SSSR count). The first-order valence-corrected chi connectivity index (χ1v) is 5.78. The molecule has 2 N–H and O–H groups in total. The summed E-state index contributed by atoms with van der Waals surface area (Å²) in [5.41, 5.74) is 1.68. The summed E-state index contributed by atoms with van der Waals surface area (Å²) in [5, 5.41) is 18.0. The molecule has 1 unspecified atom stereocenters. The molecule has 0 aromatic heterocycles. The summed E-state index contributed by atoms with van der Waals surface area (Å²) in [6, 6.07) is 4.69. The fourth-order valence-electron chi connectivity index (χ4n) is 2.23. The third kappa shape index (κ3) is 2.22. The Morgan fingerprint density at radius 2 is 2.22 bits per heavy atom. The SMILES string of the molecule is Cc1cc(C(=O)O)ccc1N1CC(CO)CC1=O. The summed E-state index contributed by atoms with van der Waals surface area (Å²) >= 11 is 0. The number of aliphatic hydroxyl groups is 1. The third-order valence-corrected chi connectivity index (χ3v) is 3.20. The maximum atomic E-state index is 11.8. The van der Waals surface area contributed by atoms with Gasteiger partial charge in [-0.3, -0.25) is 4.79 Å². The average Bonchev–Trinajstić information content (AvgIpc) is 2.70. The lowest BCUT2D eigenvalue weighted by atomic mass is 10.1. The van der Waals surface area contributed by atoms with Crippen LogP contribution in [0.15, 0.2) is 18.2 Å². The minimum Gasteiger partial charge on any atom is -0.478 e. The molecule has 96 valence electrons. The fraction of sp³-hybridized carbons (Fsp3) is 0.385. The standard InChI is InChI=1S/C13H15NO4/c1-8-4-10(13(17)18)2-3-11(8)14-6-9(7-15)5-12(14)16/h2-4,9,15H,5-7H2,1H3,(H,17,18). The zero-order chi connectivity index (χ0) is 13.3. The maximum Gasteiger partial charge on any atom is 0.335 e. The van der Waals surface area contributed by atoms with Crippen LogP contribution in [0.25, 0.3) is 0 Å². The second-order valence-corrected chi connectivity index (χ2v) is 4.56. The van der Waals surface area contributed by atoms with Crippen LogP contribution in [0.2, 0.25) is 0 Å². The van der Waals surface area contributed by atoms with Gasteiger partial charge in [0.15, 0.2) is 0 Å². The Morgan fingerprint density at radius 3 is 2.72 bits per heavy atom. The largest absolute Gasteiger partial charge is 0.478 e. The minimum atomic E-state index is -0.981. The topological polar surface area (TPSA) is 77.8 Å². The summed E-state index contributed by atoms with van der Waals surface area (Å²) in [5.74, 6) is -1.04. The second-order valence-electron chi connectivity index (χ2n) is 4.56.